The van der Waals surface area contributed by atoms with Crippen LogP contribution in [0.2, 0.25) is 5.02 Å². The summed E-state index contributed by atoms with van der Waals surface area (Å²) in [5, 5.41) is 9.49. The Morgan fingerprint density at radius 2 is 2.20 bits per heavy atom. The molecule has 1 aliphatic rings. The van der Waals surface area contributed by atoms with E-state index in [1.807, 2.05) is 18.2 Å². The molecule has 2 nitrogen and oxygen atoms in total. The van der Waals surface area contributed by atoms with Crippen molar-refractivity contribution in [3.63, 3.8) is 0 Å². The number of hydrogen-bond acceptors (Lipinski definition) is 1. The molecular weight excluding hydrogens is 279 g/mol. The summed E-state index contributed by atoms with van der Waals surface area (Å²) < 4.78 is 0.832. The second-order valence-electron chi connectivity index (χ2n) is 3.98. The molecule has 80 valence electrons. The SMILES string of the molecule is O=C(O)CC1(c2ccc(Cl)c(Br)c2)CC1. The van der Waals surface area contributed by atoms with Gasteiger partial charge in [0.15, 0.2) is 0 Å². The first-order valence-electron chi connectivity index (χ1n) is 4.71. The van der Waals surface area contributed by atoms with Gasteiger partial charge in [0, 0.05) is 9.89 Å². The normalized spacial score (nSPS) is 17.5. The second kappa shape index (κ2) is 3.80. The van der Waals surface area contributed by atoms with Crippen LogP contribution in [0.1, 0.15) is 24.8 Å². The quantitative estimate of drug-likeness (QED) is 0.923. The van der Waals surface area contributed by atoms with Crippen LogP contribution in [0.3, 0.4) is 0 Å². The topological polar surface area (TPSA) is 37.3 Å². The van der Waals surface area contributed by atoms with E-state index >= 15 is 0 Å². The van der Waals surface area contributed by atoms with Gasteiger partial charge in [-0.2, -0.15) is 0 Å². The molecule has 1 aliphatic carbocycles. The summed E-state index contributed by atoms with van der Waals surface area (Å²) in [4.78, 5) is 10.7. The fourth-order valence-corrected chi connectivity index (χ4v) is 2.33. The van der Waals surface area contributed by atoms with Crippen LogP contribution in [0.15, 0.2) is 22.7 Å². The van der Waals surface area contributed by atoms with Gasteiger partial charge in [-0.05, 0) is 46.5 Å². The zero-order valence-electron chi connectivity index (χ0n) is 7.96. The first-order chi connectivity index (χ1) is 7.03. The van der Waals surface area contributed by atoms with Gasteiger partial charge in [0.1, 0.15) is 0 Å². The molecule has 1 aromatic carbocycles. The summed E-state index contributed by atoms with van der Waals surface area (Å²) in [6.45, 7) is 0. The van der Waals surface area contributed by atoms with Crippen LogP contribution in [0, 0.1) is 0 Å². The van der Waals surface area contributed by atoms with Crippen LogP contribution in [-0.2, 0) is 10.2 Å². The summed E-state index contributed by atoms with van der Waals surface area (Å²) >= 11 is 9.25. The number of carboxylic acid groups (broad SMARTS) is 1. The first-order valence-corrected chi connectivity index (χ1v) is 5.88. The Kier molecular flexibility index (Phi) is 2.77. The van der Waals surface area contributed by atoms with E-state index in [-0.39, 0.29) is 11.8 Å². The van der Waals surface area contributed by atoms with Gasteiger partial charge in [-0.25, -0.2) is 0 Å². The van der Waals surface area contributed by atoms with Crippen LogP contribution in [-0.4, -0.2) is 11.1 Å². The van der Waals surface area contributed by atoms with Crippen molar-refractivity contribution >= 4 is 33.5 Å². The molecule has 15 heavy (non-hydrogen) atoms. The van der Waals surface area contributed by atoms with Crippen molar-refractivity contribution in [1.82, 2.24) is 0 Å². The average molecular weight is 290 g/mol. The maximum Gasteiger partial charge on any atom is 0.304 e. The van der Waals surface area contributed by atoms with Gasteiger partial charge >= 0.3 is 5.97 Å². The van der Waals surface area contributed by atoms with Crippen molar-refractivity contribution in [2.75, 3.05) is 0 Å². The maximum absolute atomic E-state index is 10.7. The predicted molar refractivity (Wildman–Crippen MR) is 62.3 cm³/mol. The van der Waals surface area contributed by atoms with Crippen molar-refractivity contribution < 1.29 is 9.90 Å². The number of rotatable bonds is 3. The van der Waals surface area contributed by atoms with E-state index < -0.39 is 5.97 Å². The molecule has 0 amide bonds. The Balaban J connectivity index is 2.29. The van der Waals surface area contributed by atoms with Gasteiger partial charge in [0.2, 0.25) is 0 Å². The Morgan fingerprint density at radius 3 is 2.67 bits per heavy atom. The number of benzene rings is 1. The van der Waals surface area contributed by atoms with Crippen LogP contribution < -0.4 is 0 Å². The molecule has 1 aromatic rings. The lowest BCUT2D eigenvalue weighted by Crippen LogP contribution is -2.12. The van der Waals surface area contributed by atoms with E-state index in [9.17, 15) is 4.79 Å². The standard InChI is InChI=1S/C11H10BrClO2/c12-8-5-7(1-2-9(8)13)11(3-4-11)6-10(14)15/h1-2,5H,3-4,6H2,(H,14,15). The Morgan fingerprint density at radius 1 is 1.53 bits per heavy atom. The fraction of sp³-hybridized carbons (Fsp3) is 0.364. The molecule has 0 heterocycles. The molecule has 0 radical (unpaired) electrons. The highest BCUT2D eigenvalue weighted by molar-refractivity contribution is 9.10. The highest BCUT2D eigenvalue weighted by Crippen LogP contribution is 2.51. The van der Waals surface area contributed by atoms with Crippen LogP contribution in [0.4, 0.5) is 0 Å². The fourth-order valence-electron chi connectivity index (χ4n) is 1.83. The summed E-state index contributed by atoms with van der Waals surface area (Å²) in [5.41, 5.74) is 0.931. The van der Waals surface area contributed by atoms with Crippen molar-refractivity contribution in [3.8, 4) is 0 Å². The monoisotopic (exact) mass is 288 g/mol. The van der Waals surface area contributed by atoms with Crippen molar-refractivity contribution in [1.29, 1.82) is 0 Å². The molecule has 0 saturated heterocycles. The third-order valence-corrected chi connectivity index (χ3v) is 4.09. The largest absolute Gasteiger partial charge is 0.481 e. The minimum absolute atomic E-state index is 0.140. The second-order valence-corrected chi connectivity index (χ2v) is 5.24. The van der Waals surface area contributed by atoms with E-state index in [0.29, 0.717) is 5.02 Å². The minimum atomic E-state index is -0.737. The summed E-state index contributed by atoms with van der Waals surface area (Å²) in [6.07, 6.45) is 2.11. The highest BCUT2D eigenvalue weighted by Gasteiger charge is 2.46. The minimum Gasteiger partial charge on any atom is -0.481 e. The van der Waals surface area contributed by atoms with Crippen LogP contribution in [0.5, 0.6) is 0 Å². The highest BCUT2D eigenvalue weighted by atomic mass is 79.9. The van der Waals surface area contributed by atoms with Crippen LogP contribution in [0.25, 0.3) is 0 Å². The molecule has 2 rings (SSSR count). The molecule has 0 aliphatic heterocycles. The summed E-state index contributed by atoms with van der Waals surface area (Å²) in [5.74, 6) is -0.737. The molecule has 0 aromatic heterocycles. The van der Waals surface area contributed by atoms with Gasteiger partial charge in [0.05, 0.1) is 11.4 Å². The lowest BCUT2D eigenvalue weighted by molar-refractivity contribution is -0.137. The Bertz CT molecular complexity index is 413. The molecular formula is C11H10BrClO2. The zero-order valence-corrected chi connectivity index (χ0v) is 10.3. The first kappa shape index (κ1) is 11.0. The molecule has 1 N–H and O–H groups in total. The average Bonchev–Trinajstić information content (AvgIpc) is 2.89. The number of carbonyl (C=O) groups is 1. The van der Waals surface area contributed by atoms with Gasteiger partial charge < -0.3 is 5.11 Å². The number of hydrogen-bond donors (Lipinski definition) is 1. The molecule has 0 bridgehead atoms. The van der Waals surface area contributed by atoms with E-state index in [0.717, 1.165) is 22.9 Å². The number of aliphatic carboxylic acids is 1. The van der Waals surface area contributed by atoms with E-state index in [1.165, 1.54) is 0 Å². The lowest BCUT2D eigenvalue weighted by atomic mass is 9.93. The molecule has 1 fully saturated rings. The van der Waals surface area contributed by atoms with Crippen molar-refractivity contribution in [2.45, 2.75) is 24.7 Å². The molecule has 0 unspecified atom stereocenters. The third kappa shape index (κ3) is 2.18. The summed E-state index contributed by atoms with van der Waals surface area (Å²) in [7, 11) is 0. The molecule has 1 saturated carbocycles. The number of halogens is 2. The van der Waals surface area contributed by atoms with Gasteiger partial charge in [0.25, 0.3) is 0 Å². The van der Waals surface area contributed by atoms with Gasteiger partial charge in [-0.1, -0.05) is 17.7 Å². The predicted octanol–water partition coefficient (Wildman–Crippen LogP) is 3.61. The Labute approximate surface area is 101 Å². The Hall–Kier alpha value is -0.540. The molecule has 4 heteroatoms. The third-order valence-electron chi connectivity index (χ3n) is 2.88. The molecule has 0 spiro atoms. The lowest BCUT2D eigenvalue weighted by Gasteiger charge is -2.13. The van der Waals surface area contributed by atoms with Crippen LogP contribution >= 0.6 is 27.5 Å². The van der Waals surface area contributed by atoms with E-state index in [4.69, 9.17) is 16.7 Å². The zero-order chi connectivity index (χ0) is 11.1. The van der Waals surface area contributed by atoms with Crippen molar-refractivity contribution in [2.24, 2.45) is 0 Å². The number of carboxylic acids is 1. The van der Waals surface area contributed by atoms with Gasteiger partial charge in [-0.15, -0.1) is 0 Å². The van der Waals surface area contributed by atoms with Gasteiger partial charge in [-0.3, -0.25) is 4.79 Å². The smallest absolute Gasteiger partial charge is 0.304 e. The van der Waals surface area contributed by atoms with Crippen molar-refractivity contribution in [3.05, 3.63) is 33.3 Å². The molecule has 0 atom stereocenters. The maximum atomic E-state index is 10.7. The van der Waals surface area contributed by atoms with E-state index in [1.54, 1.807) is 0 Å². The summed E-state index contributed by atoms with van der Waals surface area (Å²) in [6, 6.07) is 5.66. The van der Waals surface area contributed by atoms with E-state index in [2.05, 4.69) is 15.9 Å².